The highest BCUT2D eigenvalue weighted by Crippen LogP contribution is 2.27. The van der Waals surface area contributed by atoms with Gasteiger partial charge in [-0.1, -0.05) is 67.8 Å². The number of hydrogen-bond donors (Lipinski definition) is 7. The van der Waals surface area contributed by atoms with Crippen molar-refractivity contribution in [2.45, 2.75) is 57.0 Å². The Morgan fingerprint density at radius 1 is 0.767 bits per heavy atom. The molecule has 1 aliphatic rings. The van der Waals surface area contributed by atoms with E-state index in [-0.39, 0.29) is 30.4 Å². The number of nitrogens with one attached hydrogen (secondary N) is 4. The van der Waals surface area contributed by atoms with E-state index in [0.717, 1.165) is 19.3 Å². The van der Waals surface area contributed by atoms with Crippen LogP contribution in [0.5, 0.6) is 0 Å². The van der Waals surface area contributed by atoms with Crippen LogP contribution in [0.15, 0.2) is 48.5 Å². The van der Waals surface area contributed by atoms with Crippen molar-refractivity contribution >= 4 is 35.3 Å². The van der Waals surface area contributed by atoms with Crippen LogP contribution in [-0.4, -0.2) is 66.4 Å². The van der Waals surface area contributed by atoms with Crippen LogP contribution < -0.4 is 27.8 Å². The van der Waals surface area contributed by atoms with Crippen LogP contribution in [0.4, 0.5) is 0 Å². The van der Waals surface area contributed by atoms with Gasteiger partial charge < -0.3 is 32.7 Å². The van der Waals surface area contributed by atoms with Gasteiger partial charge in [0, 0.05) is 31.6 Å². The van der Waals surface area contributed by atoms with Crippen LogP contribution >= 0.6 is 0 Å². The minimum absolute atomic E-state index is 0.0835. The number of rotatable bonds is 13. The van der Waals surface area contributed by atoms with Gasteiger partial charge in [0.2, 0.25) is 23.6 Å². The highest BCUT2D eigenvalue weighted by atomic mass is 16.2. The second-order valence-corrected chi connectivity index (χ2v) is 11.3. The molecule has 1 aliphatic carbocycles. The molecule has 4 amide bonds. The molecule has 1 fully saturated rings. The third kappa shape index (κ3) is 9.12. The lowest BCUT2D eigenvalue weighted by molar-refractivity contribution is -0.142. The minimum Gasteiger partial charge on any atom is -0.384 e. The first kappa shape index (κ1) is 32.8. The fourth-order valence-corrected chi connectivity index (χ4v) is 5.32. The molecule has 0 heterocycles. The van der Waals surface area contributed by atoms with Crippen LogP contribution in [0.25, 0.3) is 0 Å². The number of nitrogens with two attached hydrogens (primary N) is 3. The molecule has 0 spiro atoms. The standard InChI is InChI=1S/C31H42N8O4/c1-39(2)31(43)23(16-18-8-12-21(13-9-18)26(32)33)29(41)38-25(20-6-4-3-5-7-20)30(42)37-24(28(36)40)17-19-10-14-22(15-11-19)27(34)35/h8-15,20,23-25H,3-7,16-17H2,1-2H3,(H3,32,33)(H3,34,35)(H2,36,40)(H,37,42)(H,38,41)/t23?,24?,25-/m0/s1. The van der Waals surface area contributed by atoms with Crippen molar-refractivity contribution in [1.82, 2.24) is 15.5 Å². The molecule has 12 nitrogen and oxygen atoms in total. The van der Waals surface area contributed by atoms with Gasteiger partial charge in [0.25, 0.3) is 0 Å². The summed E-state index contributed by atoms with van der Waals surface area (Å²) >= 11 is 0. The summed E-state index contributed by atoms with van der Waals surface area (Å²) in [5.41, 5.74) is 19.2. The first-order valence-corrected chi connectivity index (χ1v) is 14.3. The SMILES string of the molecule is CN(C)C(=O)C(Cc1ccc(C(=N)N)cc1)C(=O)N[C@H](C(=O)NC(Cc1ccc(C(=N)N)cc1)C(N)=O)C1CCCCC1. The van der Waals surface area contributed by atoms with Crippen LogP contribution in [0.3, 0.4) is 0 Å². The Labute approximate surface area is 251 Å². The van der Waals surface area contributed by atoms with Crippen LogP contribution in [0.2, 0.25) is 0 Å². The molecule has 0 aromatic heterocycles. The van der Waals surface area contributed by atoms with E-state index in [0.29, 0.717) is 35.1 Å². The summed E-state index contributed by atoms with van der Waals surface area (Å²) in [6.45, 7) is 0. The molecule has 230 valence electrons. The fraction of sp³-hybridized carbons (Fsp3) is 0.419. The van der Waals surface area contributed by atoms with E-state index in [4.69, 9.17) is 28.0 Å². The molecule has 12 heteroatoms. The molecule has 0 aliphatic heterocycles. The number of benzene rings is 2. The number of nitrogens with zero attached hydrogens (tertiary/aromatic N) is 1. The van der Waals surface area contributed by atoms with E-state index >= 15 is 0 Å². The number of hydrogen-bond acceptors (Lipinski definition) is 6. The Bertz CT molecular complexity index is 1330. The number of amidine groups is 2. The third-order valence-electron chi connectivity index (χ3n) is 7.83. The number of carbonyl (C=O) groups is 4. The molecule has 1 saturated carbocycles. The lowest BCUT2D eigenvalue weighted by atomic mass is 9.83. The predicted molar refractivity (Wildman–Crippen MR) is 164 cm³/mol. The summed E-state index contributed by atoms with van der Waals surface area (Å²) < 4.78 is 0. The van der Waals surface area contributed by atoms with Gasteiger partial charge in [-0.3, -0.25) is 30.0 Å². The van der Waals surface area contributed by atoms with E-state index in [9.17, 15) is 19.2 Å². The summed E-state index contributed by atoms with van der Waals surface area (Å²) in [4.78, 5) is 54.3. The van der Waals surface area contributed by atoms with E-state index < -0.39 is 41.6 Å². The van der Waals surface area contributed by atoms with Crippen molar-refractivity contribution in [2.75, 3.05) is 14.1 Å². The van der Waals surface area contributed by atoms with E-state index in [2.05, 4.69) is 10.6 Å². The van der Waals surface area contributed by atoms with Gasteiger partial charge in [-0.25, -0.2) is 0 Å². The van der Waals surface area contributed by atoms with Crippen molar-refractivity contribution in [3.8, 4) is 0 Å². The quantitative estimate of drug-likeness (QED) is 0.101. The van der Waals surface area contributed by atoms with E-state index in [1.165, 1.54) is 4.90 Å². The average Bonchev–Trinajstić information content (AvgIpc) is 2.98. The lowest BCUT2D eigenvalue weighted by Gasteiger charge is -2.32. The number of primary amides is 1. The van der Waals surface area contributed by atoms with Crippen LogP contribution in [-0.2, 0) is 32.0 Å². The Morgan fingerprint density at radius 3 is 1.70 bits per heavy atom. The summed E-state index contributed by atoms with van der Waals surface area (Å²) in [5.74, 6) is -3.73. The van der Waals surface area contributed by atoms with Crippen molar-refractivity contribution in [1.29, 1.82) is 10.8 Å². The summed E-state index contributed by atoms with van der Waals surface area (Å²) in [6.07, 6.45) is 4.44. The number of nitrogen functional groups attached to an aromatic ring is 2. The zero-order chi connectivity index (χ0) is 31.7. The topological polar surface area (TPSA) is 221 Å². The first-order valence-electron chi connectivity index (χ1n) is 14.3. The molecule has 3 atom stereocenters. The average molecular weight is 591 g/mol. The maximum atomic E-state index is 13.7. The minimum atomic E-state index is -1.11. The van der Waals surface area contributed by atoms with Crippen molar-refractivity contribution in [3.05, 3.63) is 70.8 Å². The lowest BCUT2D eigenvalue weighted by Crippen LogP contribution is -2.58. The summed E-state index contributed by atoms with van der Waals surface area (Å²) in [7, 11) is 3.13. The second-order valence-electron chi connectivity index (χ2n) is 11.3. The molecular weight excluding hydrogens is 548 g/mol. The molecule has 0 radical (unpaired) electrons. The van der Waals surface area contributed by atoms with E-state index in [1.807, 2.05) is 0 Å². The number of carbonyl (C=O) groups excluding carboxylic acids is 4. The predicted octanol–water partition coefficient (Wildman–Crippen LogP) is 0.780. The van der Waals surface area contributed by atoms with Crippen molar-refractivity contribution in [3.63, 3.8) is 0 Å². The van der Waals surface area contributed by atoms with Gasteiger partial charge >= 0.3 is 0 Å². The van der Waals surface area contributed by atoms with Crippen molar-refractivity contribution in [2.24, 2.45) is 29.0 Å². The van der Waals surface area contributed by atoms with E-state index in [1.54, 1.807) is 62.6 Å². The van der Waals surface area contributed by atoms with Crippen LogP contribution in [0.1, 0.15) is 54.4 Å². The summed E-state index contributed by atoms with van der Waals surface area (Å²) in [5, 5.41) is 20.7. The normalized spacial score (nSPS) is 15.4. The molecule has 0 bridgehead atoms. The molecule has 3 rings (SSSR count). The van der Waals surface area contributed by atoms with Gasteiger partial charge in [0.05, 0.1) is 0 Å². The van der Waals surface area contributed by atoms with Gasteiger partial charge in [-0.05, 0) is 36.3 Å². The van der Waals surface area contributed by atoms with Gasteiger partial charge in [0.1, 0.15) is 29.7 Å². The fourth-order valence-electron chi connectivity index (χ4n) is 5.32. The maximum absolute atomic E-state index is 13.7. The monoisotopic (exact) mass is 590 g/mol. The zero-order valence-corrected chi connectivity index (χ0v) is 24.7. The zero-order valence-electron chi connectivity index (χ0n) is 24.7. The first-order chi connectivity index (χ1) is 20.4. The number of amides is 4. The third-order valence-corrected chi connectivity index (χ3v) is 7.83. The largest absolute Gasteiger partial charge is 0.384 e. The smallest absolute Gasteiger partial charge is 0.243 e. The highest BCUT2D eigenvalue weighted by Gasteiger charge is 2.36. The molecule has 43 heavy (non-hydrogen) atoms. The molecule has 10 N–H and O–H groups in total. The molecule has 0 saturated heterocycles. The Morgan fingerprint density at radius 2 is 1.26 bits per heavy atom. The molecule has 2 aromatic rings. The molecular formula is C31H42N8O4. The van der Waals surface area contributed by atoms with Crippen LogP contribution in [0, 0.1) is 22.7 Å². The maximum Gasteiger partial charge on any atom is 0.243 e. The second kappa shape index (κ2) is 14.9. The van der Waals surface area contributed by atoms with Gasteiger partial charge in [-0.15, -0.1) is 0 Å². The Hall–Kier alpha value is -4.74. The van der Waals surface area contributed by atoms with Gasteiger partial charge in [0.15, 0.2) is 0 Å². The Kier molecular flexibility index (Phi) is 11.4. The van der Waals surface area contributed by atoms with Crippen molar-refractivity contribution < 1.29 is 19.2 Å². The molecule has 2 aromatic carbocycles. The molecule has 2 unspecified atom stereocenters. The Balaban J connectivity index is 1.82. The van der Waals surface area contributed by atoms with Gasteiger partial charge in [-0.2, -0.15) is 0 Å². The highest BCUT2D eigenvalue weighted by molar-refractivity contribution is 6.02. The summed E-state index contributed by atoms with van der Waals surface area (Å²) in [6, 6.07) is 11.4.